The van der Waals surface area contributed by atoms with Crippen LogP contribution < -0.4 is 9.47 Å². The van der Waals surface area contributed by atoms with Crippen molar-refractivity contribution in [3.63, 3.8) is 0 Å². The molecule has 6 heteroatoms. The molecule has 0 N–H and O–H groups in total. The molecule has 110 valence electrons. The molecule has 5 nitrogen and oxygen atoms in total. The number of methoxy groups -OCH3 is 1. The van der Waals surface area contributed by atoms with Gasteiger partial charge in [-0.3, -0.25) is 10.1 Å². The highest BCUT2D eigenvalue weighted by molar-refractivity contribution is 9.08. The summed E-state index contributed by atoms with van der Waals surface area (Å²) in [7, 11) is 1.50. The second-order valence-electron chi connectivity index (χ2n) is 4.41. The van der Waals surface area contributed by atoms with Crippen LogP contribution in [-0.2, 0) is 5.33 Å². The zero-order valence-electron chi connectivity index (χ0n) is 11.6. The summed E-state index contributed by atoms with van der Waals surface area (Å²) in [5, 5.41) is 11.8. The van der Waals surface area contributed by atoms with Crippen molar-refractivity contribution in [2.24, 2.45) is 0 Å². The molecular formula is C15H14BrNO4. The zero-order valence-corrected chi connectivity index (χ0v) is 13.2. The fraction of sp³-hybridized carbons (Fsp3) is 0.200. The number of hydrogen-bond donors (Lipinski definition) is 0. The SMILES string of the molecule is COc1ccc([N+](=O)[O-])c(Oc2ccc(CBr)c(C)c2)c1. The van der Waals surface area contributed by atoms with E-state index in [1.165, 1.54) is 25.3 Å². The lowest BCUT2D eigenvalue weighted by Crippen LogP contribution is -1.95. The van der Waals surface area contributed by atoms with Gasteiger partial charge < -0.3 is 9.47 Å². The zero-order chi connectivity index (χ0) is 15.4. The van der Waals surface area contributed by atoms with E-state index in [0.29, 0.717) is 11.5 Å². The number of halogens is 1. The number of benzene rings is 2. The largest absolute Gasteiger partial charge is 0.497 e. The molecule has 0 aromatic heterocycles. The number of nitro benzene ring substituents is 1. The second kappa shape index (κ2) is 6.58. The molecule has 0 spiro atoms. The predicted molar refractivity (Wildman–Crippen MR) is 83.5 cm³/mol. The molecule has 21 heavy (non-hydrogen) atoms. The summed E-state index contributed by atoms with van der Waals surface area (Å²) in [6.07, 6.45) is 0. The lowest BCUT2D eigenvalue weighted by Gasteiger charge is -2.10. The molecule has 2 aromatic carbocycles. The Morgan fingerprint density at radius 3 is 2.48 bits per heavy atom. The summed E-state index contributed by atoms with van der Waals surface area (Å²) in [6, 6.07) is 9.96. The van der Waals surface area contributed by atoms with Gasteiger partial charge >= 0.3 is 5.69 Å². The molecule has 0 radical (unpaired) electrons. The van der Waals surface area contributed by atoms with Gasteiger partial charge in [-0.25, -0.2) is 0 Å². The van der Waals surface area contributed by atoms with Gasteiger partial charge in [-0.05, 0) is 36.2 Å². The maximum atomic E-state index is 11.1. The quantitative estimate of drug-likeness (QED) is 0.448. The van der Waals surface area contributed by atoms with Crippen LogP contribution in [0.1, 0.15) is 11.1 Å². The topological polar surface area (TPSA) is 61.6 Å². The fourth-order valence-corrected chi connectivity index (χ4v) is 2.49. The highest BCUT2D eigenvalue weighted by Gasteiger charge is 2.17. The summed E-state index contributed by atoms with van der Waals surface area (Å²) in [5.41, 5.74) is 2.09. The Morgan fingerprint density at radius 2 is 1.90 bits per heavy atom. The summed E-state index contributed by atoms with van der Waals surface area (Å²) in [6.45, 7) is 1.96. The summed E-state index contributed by atoms with van der Waals surface area (Å²) >= 11 is 3.40. The van der Waals surface area contributed by atoms with Crippen molar-refractivity contribution < 1.29 is 14.4 Å². The van der Waals surface area contributed by atoms with Crippen molar-refractivity contribution in [1.82, 2.24) is 0 Å². The van der Waals surface area contributed by atoms with Gasteiger partial charge in [-0.15, -0.1) is 0 Å². The Morgan fingerprint density at radius 1 is 1.19 bits per heavy atom. The molecule has 0 aliphatic carbocycles. The molecule has 0 aliphatic rings. The monoisotopic (exact) mass is 351 g/mol. The maximum Gasteiger partial charge on any atom is 0.311 e. The first-order chi connectivity index (χ1) is 10.0. The Bertz CT molecular complexity index is 673. The van der Waals surface area contributed by atoms with E-state index in [2.05, 4.69) is 15.9 Å². The third-order valence-electron chi connectivity index (χ3n) is 3.05. The van der Waals surface area contributed by atoms with Crippen LogP contribution in [0, 0.1) is 17.0 Å². The van der Waals surface area contributed by atoms with Crippen LogP contribution in [0.4, 0.5) is 5.69 Å². The van der Waals surface area contributed by atoms with Gasteiger partial charge in [0.25, 0.3) is 0 Å². The first-order valence-corrected chi connectivity index (χ1v) is 7.33. The van der Waals surface area contributed by atoms with E-state index in [-0.39, 0.29) is 11.4 Å². The molecule has 0 bridgehead atoms. The Labute approximate surface area is 130 Å². The smallest absolute Gasteiger partial charge is 0.311 e. The number of rotatable bonds is 5. The average Bonchev–Trinajstić information content (AvgIpc) is 2.47. The van der Waals surface area contributed by atoms with Crippen molar-refractivity contribution in [3.05, 3.63) is 57.6 Å². The number of ether oxygens (including phenoxy) is 2. The highest BCUT2D eigenvalue weighted by atomic mass is 79.9. The van der Waals surface area contributed by atoms with Crippen molar-refractivity contribution >= 4 is 21.6 Å². The van der Waals surface area contributed by atoms with Crippen LogP contribution in [-0.4, -0.2) is 12.0 Å². The second-order valence-corrected chi connectivity index (χ2v) is 4.98. The number of nitrogens with zero attached hydrogens (tertiary/aromatic N) is 1. The molecule has 0 atom stereocenters. The van der Waals surface area contributed by atoms with E-state index in [1.807, 2.05) is 19.1 Å². The van der Waals surface area contributed by atoms with E-state index in [9.17, 15) is 10.1 Å². The lowest BCUT2D eigenvalue weighted by atomic mass is 10.1. The Balaban J connectivity index is 2.37. The van der Waals surface area contributed by atoms with Crippen LogP contribution in [0.3, 0.4) is 0 Å². The van der Waals surface area contributed by atoms with Gasteiger partial charge in [-0.1, -0.05) is 22.0 Å². The van der Waals surface area contributed by atoms with E-state index < -0.39 is 4.92 Å². The first-order valence-electron chi connectivity index (χ1n) is 6.21. The van der Waals surface area contributed by atoms with Crippen molar-refractivity contribution in [2.45, 2.75) is 12.3 Å². The number of alkyl halides is 1. The Kier molecular flexibility index (Phi) is 4.80. The van der Waals surface area contributed by atoms with Crippen LogP contribution in [0.15, 0.2) is 36.4 Å². The summed E-state index contributed by atoms with van der Waals surface area (Å²) in [4.78, 5) is 10.6. The van der Waals surface area contributed by atoms with Gasteiger partial charge in [-0.2, -0.15) is 0 Å². The molecule has 2 aromatic rings. The van der Waals surface area contributed by atoms with E-state index in [4.69, 9.17) is 9.47 Å². The molecular weight excluding hydrogens is 338 g/mol. The van der Waals surface area contributed by atoms with Gasteiger partial charge in [0.05, 0.1) is 12.0 Å². The number of aryl methyl sites for hydroxylation is 1. The van der Waals surface area contributed by atoms with Gasteiger partial charge in [0.2, 0.25) is 5.75 Å². The summed E-state index contributed by atoms with van der Waals surface area (Å²) in [5.74, 6) is 1.21. The molecule has 0 saturated heterocycles. The van der Waals surface area contributed by atoms with Gasteiger partial charge in [0.15, 0.2) is 0 Å². The van der Waals surface area contributed by atoms with Crippen molar-refractivity contribution in [1.29, 1.82) is 0 Å². The third-order valence-corrected chi connectivity index (χ3v) is 3.65. The van der Waals surface area contributed by atoms with Crippen LogP contribution in [0.2, 0.25) is 0 Å². The predicted octanol–water partition coefficient (Wildman–Crippen LogP) is 4.60. The van der Waals surface area contributed by atoms with Gasteiger partial charge in [0.1, 0.15) is 11.5 Å². The van der Waals surface area contributed by atoms with Crippen molar-refractivity contribution in [3.8, 4) is 17.2 Å². The van der Waals surface area contributed by atoms with E-state index >= 15 is 0 Å². The van der Waals surface area contributed by atoms with Crippen LogP contribution in [0.5, 0.6) is 17.2 Å². The highest BCUT2D eigenvalue weighted by Crippen LogP contribution is 2.35. The van der Waals surface area contributed by atoms with E-state index in [1.54, 1.807) is 6.07 Å². The summed E-state index contributed by atoms with van der Waals surface area (Å²) < 4.78 is 10.7. The molecule has 2 rings (SSSR count). The fourth-order valence-electron chi connectivity index (χ4n) is 1.86. The van der Waals surface area contributed by atoms with Crippen molar-refractivity contribution in [2.75, 3.05) is 7.11 Å². The minimum atomic E-state index is -0.478. The van der Waals surface area contributed by atoms with Gasteiger partial charge in [0, 0.05) is 17.5 Å². The molecule has 0 heterocycles. The third kappa shape index (κ3) is 3.52. The Hall–Kier alpha value is -2.08. The molecule has 0 saturated carbocycles. The molecule has 0 fully saturated rings. The van der Waals surface area contributed by atoms with Crippen LogP contribution in [0.25, 0.3) is 0 Å². The maximum absolute atomic E-state index is 11.1. The van der Waals surface area contributed by atoms with E-state index in [0.717, 1.165) is 16.5 Å². The molecule has 0 unspecified atom stereocenters. The minimum Gasteiger partial charge on any atom is -0.497 e. The average molecular weight is 352 g/mol. The normalized spacial score (nSPS) is 10.2. The molecule has 0 aliphatic heterocycles. The number of hydrogen-bond acceptors (Lipinski definition) is 4. The first kappa shape index (κ1) is 15.3. The molecule has 0 amide bonds. The number of nitro groups is 1. The standard InChI is InChI=1S/C15H14BrNO4/c1-10-7-13(4-3-11(10)9-16)21-15-8-12(20-2)5-6-14(15)17(18)19/h3-8H,9H2,1-2H3. The lowest BCUT2D eigenvalue weighted by molar-refractivity contribution is -0.385. The van der Waals surface area contributed by atoms with Crippen LogP contribution >= 0.6 is 15.9 Å². The minimum absolute atomic E-state index is 0.0991.